The average Bonchev–Trinajstić information content (AvgIpc) is 3.40. The molecule has 2 heterocycles. The van der Waals surface area contributed by atoms with Gasteiger partial charge in [0.1, 0.15) is 5.75 Å². The second-order valence-corrected chi connectivity index (χ2v) is 11.1. The molecule has 11 heteroatoms. The summed E-state index contributed by atoms with van der Waals surface area (Å²) < 4.78 is 72.3. The number of nitrogens with zero attached hydrogens (tertiary/aromatic N) is 3. The molecule has 0 aliphatic carbocycles. The lowest BCUT2D eigenvalue weighted by Gasteiger charge is -2.39. The van der Waals surface area contributed by atoms with Crippen molar-refractivity contribution in [2.75, 3.05) is 37.7 Å². The molecule has 0 saturated carbocycles. The van der Waals surface area contributed by atoms with Crippen LogP contribution in [0.1, 0.15) is 37.7 Å². The summed E-state index contributed by atoms with van der Waals surface area (Å²) in [6.45, 7) is 8.99. The Morgan fingerprint density at radius 2 is 1.67 bits per heavy atom. The molecule has 2 fully saturated rings. The summed E-state index contributed by atoms with van der Waals surface area (Å²) in [6.07, 6.45) is -1.83. The number of hydrogen-bond acceptors (Lipinski definition) is 5. The number of aliphatic hydroxyl groups is 1. The van der Waals surface area contributed by atoms with E-state index in [1.165, 1.54) is 28.6 Å². The van der Waals surface area contributed by atoms with Gasteiger partial charge in [0.05, 0.1) is 29.2 Å². The number of hydrogen-bond donors (Lipinski definition) is 1. The van der Waals surface area contributed by atoms with Crippen LogP contribution in [-0.4, -0.2) is 56.2 Å². The molecule has 2 aromatic rings. The second kappa shape index (κ2) is 10.3. The van der Waals surface area contributed by atoms with Crippen LogP contribution in [0.25, 0.3) is 4.85 Å². The summed E-state index contributed by atoms with van der Waals surface area (Å²) in [5.74, 6) is 0.496. The van der Waals surface area contributed by atoms with E-state index in [-0.39, 0.29) is 11.5 Å². The van der Waals surface area contributed by atoms with Gasteiger partial charge >= 0.3 is 6.18 Å². The zero-order valence-electron chi connectivity index (χ0n) is 19.7. The Labute approximate surface area is 209 Å². The topological polar surface area (TPSA) is 74.4 Å². The third kappa shape index (κ3) is 5.77. The van der Waals surface area contributed by atoms with E-state index in [9.17, 15) is 26.7 Å². The van der Waals surface area contributed by atoms with Gasteiger partial charge in [-0.3, -0.25) is 0 Å². The number of ether oxygens (including phenoxy) is 1. The van der Waals surface area contributed by atoms with Gasteiger partial charge in [-0.1, -0.05) is 6.07 Å². The molecule has 2 aromatic carbocycles. The van der Waals surface area contributed by atoms with E-state index >= 15 is 0 Å². The Balaban J connectivity index is 1.30. The van der Waals surface area contributed by atoms with Gasteiger partial charge in [-0.25, -0.2) is 13.3 Å². The summed E-state index contributed by atoms with van der Waals surface area (Å²) in [4.78, 5) is 4.96. The fraction of sp³-hybridized carbons (Fsp3) is 0.480. The zero-order valence-corrected chi connectivity index (χ0v) is 20.5. The molecule has 0 atom stereocenters. The van der Waals surface area contributed by atoms with Gasteiger partial charge in [-0.15, -0.1) is 0 Å². The van der Waals surface area contributed by atoms with Crippen LogP contribution in [0.15, 0.2) is 47.4 Å². The van der Waals surface area contributed by atoms with E-state index in [0.29, 0.717) is 56.9 Å². The number of benzene rings is 2. The Kier molecular flexibility index (Phi) is 7.50. The number of anilines is 1. The average molecular weight is 524 g/mol. The maximum Gasteiger partial charge on any atom is 0.407 e. The summed E-state index contributed by atoms with van der Waals surface area (Å²) in [7, 11) is -3.49. The quantitative estimate of drug-likeness (QED) is 0.526. The van der Waals surface area contributed by atoms with Gasteiger partial charge in [-0.2, -0.15) is 17.5 Å². The van der Waals surface area contributed by atoms with E-state index < -0.39 is 33.1 Å². The van der Waals surface area contributed by atoms with Crippen molar-refractivity contribution in [3.8, 4) is 5.75 Å². The predicted molar refractivity (Wildman–Crippen MR) is 129 cm³/mol. The van der Waals surface area contributed by atoms with Gasteiger partial charge in [0, 0.05) is 38.3 Å². The monoisotopic (exact) mass is 523 g/mol. The lowest BCUT2D eigenvalue weighted by atomic mass is 9.88. The van der Waals surface area contributed by atoms with Crippen LogP contribution in [0.2, 0.25) is 0 Å². The highest BCUT2D eigenvalue weighted by Crippen LogP contribution is 2.39. The van der Waals surface area contributed by atoms with Crippen molar-refractivity contribution >= 4 is 21.4 Å². The maximum atomic E-state index is 13.3. The fourth-order valence-corrected chi connectivity index (χ4v) is 6.14. The van der Waals surface area contributed by atoms with E-state index in [1.807, 2.05) is 0 Å². The molecule has 0 amide bonds. The van der Waals surface area contributed by atoms with Crippen molar-refractivity contribution in [1.29, 1.82) is 0 Å². The van der Waals surface area contributed by atoms with Crippen molar-refractivity contribution in [3.05, 3.63) is 59.4 Å². The van der Waals surface area contributed by atoms with Crippen molar-refractivity contribution in [3.63, 3.8) is 0 Å². The fourth-order valence-electron chi connectivity index (χ4n) is 4.62. The molecule has 0 radical (unpaired) electrons. The molecule has 2 aliphatic rings. The van der Waals surface area contributed by atoms with Gasteiger partial charge in [0.2, 0.25) is 10.0 Å². The van der Waals surface area contributed by atoms with Gasteiger partial charge < -0.3 is 14.7 Å². The number of piperidine rings is 1. The molecule has 36 heavy (non-hydrogen) atoms. The third-order valence-electron chi connectivity index (χ3n) is 6.83. The molecule has 1 N–H and O–H groups in total. The highest BCUT2D eigenvalue weighted by atomic mass is 32.2. The van der Waals surface area contributed by atoms with Crippen LogP contribution >= 0.6 is 0 Å². The van der Waals surface area contributed by atoms with Crippen molar-refractivity contribution in [2.24, 2.45) is 0 Å². The Morgan fingerprint density at radius 3 is 2.25 bits per heavy atom. The number of halogens is 3. The molecule has 0 bridgehead atoms. The highest BCUT2D eigenvalue weighted by molar-refractivity contribution is 7.89. The van der Waals surface area contributed by atoms with Crippen molar-refractivity contribution in [2.45, 2.75) is 48.8 Å². The van der Waals surface area contributed by atoms with Gasteiger partial charge in [0.25, 0.3) is 0 Å². The van der Waals surface area contributed by atoms with E-state index in [2.05, 4.69) is 4.85 Å². The number of sulfonamides is 1. The van der Waals surface area contributed by atoms with Crippen LogP contribution in [-0.2, 0) is 16.2 Å². The molecule has 0 unspecified atom stereocenters. The van der Waals surface area contributed by atoms with Crippen molar-refractivity contribution in [1.82, 2.24) is 4.31 Å². The second-order valence-electron chi connectivity index (χ2n) is 9.20. The minimum absolute atomic E-state index is 0.215. The summed E-state index contributed by atoms with van der Waals surface area (Å²) in [5.41, 5.74) is -2.03. The summed E-state index contributed by atoms with van der Waals surface area (Å²) in [6, 6.07) is 9.91. The summed E-state index contributed by atoms with van der Waals surface area (Å²) >= 11 is 0. The lowest BCUT2D eigenvalue weighted by Crippen LogP contribution is -2.45. The maximum absolute atomic E-state index is 13.3. The molecular weight excluding hydrogens is 495 g/mol. The first-order valence-electron chi connectivity index (χ1n) is 11.8. The van der Waals surface area contributed by atoms with E-state index in [0.717, 1.165) is 18.9 Å². The first-order chi connectivity index (χ1) is 17.0. The highest BCUT2D eigenvalue weighted by Gasteiger charge is 2.36. The zero-order chi connectivity index (χ0) is 26.0. The standard InChI is InChI=1S/C25H28F3N3O4S/c1-29-23-9-4-19(18-22(23)25(26,27)28)30-15-10-24(32,11-16-30)12-17-35-20-5-7-21(8-6-20)36(33,34)31-13-2-3-14-31/h4-9,18,32H,2-3,10-17H2. The third-order valence-corrected chi connectivity index (χ3v) is 8.74. The van der Waals surface area contributed by atoms with Crippen molar-refractivity contribution < 1.29 is 31.4 Å². The molecule has 194 valence electrons. The normalized spacial score (nSPS) is 18.7. The Bertz CT molecular complexity index is 1210. The molecular formula is C25H28F3N3O4S. The smallest absolute Gasteiger partial charge is 0.407 e. The van der Waals surface area contributed by atoms with Gasteiger partial charge in [0.15, 0.2) is 5.69 Å². The van der Waals surface area contributed by atoms with Crippen LogP contribution in [0.4, 0.5) is 24.5 Å². The van der Waals surface area contributed by atoms with Crippen LogP contribution in [0.5, 0.6) is 5.75 Å². The van der Waals surface area contributed by atoms with E-state index in [1.54, 1.807) is 17.0 Å². The Morgan fingerprint density at radius 1 is 1.03 bits per heavy atom. The van der Waals surface area contributed by atoms with Crippen LogP contribution < -0.4 is 9.64 Å². The SMILES string of the molecule is [C-]#[N+]c1ccc(N2CCC(O)(CCOc3ccc(S(=O)(=O)N4CCCC4)cc3)CC2)cc1C(F)(F)F. The van der Waals surface area contributed by atoms with Crippen LogP contribution in [0, 0.1) is 6.57 Å². The summed E-state index contributed by atoms with van der Waals surface area (Å²) in [5, 5.41) is 10.9. The molecule has 0 spiro atoms. The lowest BCUT2D eigenvalue weighted by molar-refractivity contribution is -0.136. The van der Waals surface area contributed by atoms with Gasteiger partial charge in [-0.05, 0) is 62.1 Å². The predicted octanol–water partition coefficient (Wildman–Crippen LogP) is 4.84. The number of alkyl halides is 3. The van der Waals surface area contributed by atoms with Crippen LogP contribution in [0.3, 0.4) is 0 Å². The molecule has 2 saturated heterocycles. The minimum atomic E-state index is -4.61. The molecule has 2 aliphatic heterocycles. The van der Waals surface area contributed by atoms with E-state index in [4.69, 9.17) is 11.3 Å². The Hall–Kier alpha value is -2.81. The first kappa shape index (κ1) is 26.3. The largest absolute Gasteiger partial charge is 0.493 e. The molecule has 0 aromatic heterocycles. The number of rotatable bonds is 7. The minimum Gasteiger partial charge on any atom is -0.493 e. The first-order valence-corrected chi connectivity index (χ1v) is 13.2. The molecule has 4 rings (SSSR count). The molecule has 7 nitrogen and oxygen atoms in total.